The molecule has 2 unspecified atom stereocenters. The van der Waals surface area contributed by atoms with E-state index in [1.54, 1.807) is 19.2 Å². The summed E-state index contributed by atoms with van der Waals surface area (Å²) in [5.74, 6) is 1.64. The average Bonchev–Trinajstić information content (AvgIpc) is 3.77. The second-order valence-corrected chi connectivity index (χ2v) is 16.2. The lowest BCUT2D eigenvalue weighted by atomic mass is 9.89. The highest BCUT2D eigenvalue weighted by molar-refractivity contribution is 7.89. The molecule has 46 heavy (non-hydrogen) atoms. The Labute approximate surface area is 270 Å². The first-order valence-corrected chi connectivity index (χ1v) is 17.1. The maximum atomic E-state index is 16.1. The van der Waals surface area contributed by atoms with Crippen LogP contribution in [0.4, 0.5) is 15.9 Å². The third-order valence-corrected chi connectivity index (χ3v) is 10.7. The van der Waals surface area contributed by atoms with Crippen molar-refractivity contribution in [3.63, 3.8) is 0 Å². The zero-order chi connectivity index (χ0) is 33.0. The van der Waals surface area contributed by atoms with Crippen molar-refractivity contribution in [1.82, 2.24) is 24.3 Å². The number of nitrogens with one attached hydrogen (secondary N) is 2. The highest BCUT2D eigenvalue weighted by atomic mass is 32.2. The van der Waals surface area contributed by atoms with Crippen LogP contribution < -0.4 is 14.8 Å². The number of anilines is 2. The van der Waals surface area contributed by atoms with Gasteiger partial charge in [0.1, 0.15) is 17.7 Å². The van der Waals surface area contributed by atoms with Crippen LogP contribution in [0.2, 0.25) is 0 Å². The van der Waals surface area contributed by atoms with Crippen LogP contribution in [0.1, 0.15) is 89.1 Å². The third-order valence-electron chi connectivity index (χ3n) is 8.80. The van der Waals surface area contributed by atoms with Gasteiger partial charge in [-0.1, -0.05) is 32.9 Å². The first-order valence-electron chi connectivity index (χ1n) is 15.7. The number of aromatic nitrogens is 4. The lowest BCUT2D eigenvalue weighted by Gasteiger charge is -2.23. The Morgan fingerprint density at radius 3 is 2.48 bits per heavy atom. The summed E-state index contributed by atoms with van der Waals surface area (Å²) in [4.78, 5) is -0.00189. The Balaban J connectivity index is 1.21. The summed E-state index contributed by atoms with van der Waals surface area (Å²) < 4.78 is 57.5. The van der Waals surface area contributed by atoms with Crippen LogP contribution in [0.5, 0.6) is 11.6 Å². The molecule has 6 rings (SSSR count). The van der Waals surface area contributed by atoms with Crippen molar-refractivity contribution in [3.8, 4) is 11.6 Å². The molecule has 2 aliphatic rings. The van der Waals surface area contributed by atoms with E-state index in [1.807, 2.05) is 49.8 Å². The number of ether oxygens (including phenoxy) is 2. The number of halogens is 1. The number of fused-ring (bicyclic) bond motifs is 1. The van der Waals surface area contributed by atoms with E-state index in [9.17, 15) is 8.42 Å². The highest BCUT2D eigenvalue weighted by Gasteiger charge is 2.38. The summed E-state index contributed by atoms with van der Waals surface area (Å²) in [5.41, 5.74) is 2.64. The van der Waals surface area contributed by atoms with Crippen LogP contribution in [-0.4, -0.2) is 45.9 Å². The number of aromatic amines is 1. The van der Waals surface area contributed by atoms with E-state index < -0.39 is 21.4 Å². The largest absolute Gasteiger partial charge is 0.497 e. The van der Waals surface area contributed by atoms with Gasteiger partial charge in [0, 0.05) is 36.2 Å². The van der Waals surface area contributed by atoms with Crippen LogP contribution in [0.15, 0.2) is 53.6 Å². The van der Waals surface area contributed by atoms with E-state index >= 15 is 4.39 Å². The van der Waals surface area contributed by atoms with Gasteiger partial charge in [-0.3, -0.25) is 0 Å². The second-order valence-electron chi connectivity index (χ2n) is 14.3. The smallest absolute Gasteiger partial charge is 0.244 e. The number of H-pyrrole nitrogens is 1. The zero-order valence-electron chi connectivity index (χ0n) is 27.5. The predicted octanol–water partition coefficient (Wildman–Crippen LogP) is 6.97. The molecule has 12 heteroatoms. The summed E-state index contributed by atoms with van der Waals surface area (Å²) in [6, 6.07) is 12.1. The Morgan fingerprint density at radius 1 is 1.07 bits per heavy atom. The van der Waals surface area contributed by atoms with E-state index in [4.69, 9.17) is 14.6 Å². The molecule has 0 radical (unpaired) electrons. The normalized spacial score (nSPS) is 19.7. The standard InChI is InChI=1S/C34H43FN6O4S/c1-33(2,3)26-18-36-38-32(26)45-24-13-10-22(16-24)28-17-30(41(39-28)34(4,5)6)37-27-14-15-29-25(31(27)35)20-40(46(29,42)43)19-21-8-11-23(44-7)12-9-21/h8-9,11-12,14-15,17-18,22,24,37H,10,13,16,19-20H2,1-7H3,(H,36,38). The Bertz CT molecular complexity index is 1840. The topological polar surface area (TPSA) is 114 Å². The molecule has 0 saturated heterocycles. The second kappa shape index (κ2) is 11.7. The molecular formula is C34H43FN6O4S. The van der Waals surface area contributed by atoms with Gasteiger partial charge in [0.2, 0.25) is 15.9 Å². The van der Waals surface area contributed by atoms with Gasteiger partial charge in [-0.2, -0.15) is 14.5 Å². The van der Waals surface area contributed by atoms with E-state index in [0.717, 1.165) is 42.0 Å². The zero-order valence-corrected chi connectivity index (χ0v) is 28.3. The summed E-state index contributed by atoms with van der Waals surface area (Å²) >= 11 is 0. The van der Waals surface area contributed by atoms with Gasteiger partial charge in [-0.15, -0.1) is 0 Å². The molecule has 2 N–H and O–H groups in total. The molecule has 2 aromatic heterocycles. The van der Waals surface area contributed by atoms with Crippen LogP contribution in [0, 0.1) is 5.82 Å². The van der Waals surface area contributed by atoms with E-state index in [2.05, 4.69) is 36.3 Å². The van der Waals surface area contributed by atoms with Crippen LogP contribution >= 0.6 is 0 Å². The molecule has 0 bridgehead atoms. The quantitative estimate of drug-likeness (QED) is 0.212. The van der Waals surface area contributed by atoms with Gasteiger partial charge in [0.05, 0.1) is 35.1 Å². The predicted molar refractivity (Wildman–Crippen MR) is 175 cm³/mol. The first-order chi connectivity index (χ1) is 21.6. The van der Waals surface area contributed by atoms with Gasteiger partial charge in [0.25, 0.3) is 0 Å². The average molecular weight is 651 g/mol. The Morgan fingerprint density at radius 2 is 1.80 bits per heavy atom. The van der Waals surface area contributed by atoms with Gasteiger partial charge < -0.3 is 14.8 Å². The molecule has 0 spiro atoms. The Kier molecular flexibility index (Phi) is 8.17. The van der Waals surface area contributed by atoms with Gasteiger partial charge in [-0.05, 0) is 75.3 Å². The number of hydrogen-bond donors (Lipinski definition) is 2. The number of sulfonamides is 1. The van der Waals surface area contributed by atoms with Crippen molar-refractivity contribution in [2.45, 2.75) is 102 Å². The summed E-state index contributed by atoms with van der Waals surface area (Å²) in [7, 11) is -2.27. The fraction of sp³-hybridized carbons (Fsp3) is 0.471. The molecule has 246 valence electrons. The van der Waals surface area contributed by atoms with Crippen molar-refractivity contribution in [2.24, 2.45) is 0 Å². The third kappa shape index (κ3) is 6.12. The number of benzene rings is 2. The van der Waals surface area contributed by atoms with Crippen LogP contribution in [-0.2, 0) is 34.1 Å². The molecule has 1 fully saturated rings. The molecule has 3 heterocycles. The summed E-state index contributed by atoms with van der Waals surface area (Å²) in [6.07, 6.45) is 4.47. The first kappa shape index (κ1) is 32.1. The number of methoxy groups -OCH3 is 1. The number of hydrogen-bond acceptors (Lipinski definition) is 7. The van der Waals surface area contributed by atoms with Crippen molar-refractivity contribution < 1.29 is 22.3 Å². The fourth-order valence-electron chi connectivity index (χ4n) is 6.28. The van der Waals surface area contributed by atoms with E-state index in [0.29, 0.717) is 11.6 Å². The molecule has 0 amide bonds. The minimum Gasteiger partial charge on any atom is -0.497 e. The molecule has 2 aromatic carbocycles. The maximum Gasteiger partial charge on any atom is 0.244 e. The number of nitrogens with zero attached hydrogens (tertiary/aromatic N) is 4. The van der Waals surface area contributed by atoms with E-state index in [1.165, 1.54) is 16.4 Å². The maximum absolute atomic E-state index is 16.1. The highest BCUT2D eigenvalue weighted by Crippen LogP contribution is 2.41. The summed E-state index contributed by atoms with van der Waals surface area (Å²) in [5, 5.41) is 15.5. The molecule has 2 atom stereocenters. The summed E-state index contributed by atoms with van der Waals surface area (Å²) in [6.45, 7) is 12.6. The molecule has 4 aromatic rings. The molecular weight excluding hydrogens is 607 g/mol. The monoisotopic (exact) mass is 650 g/mol. The molecule has 1 saturated carbocycles. The minimum absolute atomic E-state index is 0.00189. The van der Waals surface area contributed by atoms with Crippen molar-refractivity contribution in [2.75, 3.05) is 12.4 Å². The lowest BCUT2D eigenvalue weighted by molar-refractivity contribution is 0.195. The number of rotatable bonds is 8. The van der Waals surface area contributed by atoms with Crippen LogP contribution in [0.3, 0.4) is 0 Å². The van der Waals surface area contributed by atoms with Crippen molar-refractivity contribution in [3.05, 3.63) is 76.9 Å². The van der Waals surface area contributed by atoms with Gasteiger partial charge in [-0.25, -0.2) is 22.6 Å². The fourth-order valence-corrected chi connectivity index (χ4v) is 7.88. The SMILES string of the molecule is COc1ccc(CN2Cc3c(ccc(Nc4cc(C5CCC(Oc6[nH]ncc6C(C)(C)C)C5)nn4C(C)(C)C)c3F)S2(=O)=O)cc1. The molecule has 1 aliphatic carbocycles. The van der Waals surface area contributed by atoms with E-state index in [-0.39, 0.29) is 46.7 Å². The Hall–Kier alpha value is -3.90. The van der Waals surface area contributed by atoms with Crippen LogP contribution in [0.25, 0.3) is 0 Å². The lowest BCUT2D eigenvalue weighted by Crippen LogP contribution is -2.25. The van der Waals surface area contributed by atoms with Crippen molar-refractivity contribution in [1.29, 1.82) is 0 Å². The van der Waals surface area contributed by atoms with Gasteiger partial charge >= 0.3 is 0 Å². The van der Waals surface area contributed by atoms with Gasteiger partial charge in [0.15, 0.2) is 5.82 Å². The minimum atomic E-state index is -3.85. The molecule has 10 nitrogen and oxygen atoms in total. The molecule has 1 aliphatic heterocycles. The van der Waals surface area contributed by atoms with Crippen molar-refractivity contribution >= 4 is 21.5 Å².